The van der Waals surface area contributed by atoms with E-state index >= 15 is 0 Å². The first kappa shape index (κ1) is 69.9. The second kappa shape index (κ2) is 51.6. The molecule has 0 aromatic heterocycles. The molecule has 1 aliphatic rings. The number of aliphatic hydroxyl groups is 2. The fraction of sp³-hybridized carbons (Fsp3) is 0.600. The molecule has 77 heavy (non-hydrogen) atoms. The van der Waals surface area contributed by atoms with Crippen molar-refractivity contribution in [2.75, 3.05) is 13.2 Å². The first-order valence-corrected chi connectivity index (χ1v) is 29.2. The van der Waals surface area contributed by atoms with Gasteiger partial charge in [0.25, 0.3) is 0 Å². The van der Waals surface area contributed by atoms with Crippen LogP contribution in [0.4, 0.5) is 0 Å². The molecule has 3 N–H and O–H groups in total. The topological polar surface area (TPSA) is 175 Å². The van der Waals surface area contributed by atoms with Gasteiger partial charge in [-0.2, -0.15) is 0 Å². The van der Waals surface area contributed by atoms with E-state index in [1.165, 1.54) is 25.7 Å². The summed E-state index contributed by atoms with van der Waals surface area (Å²) < 4.78 is 28.3. The predicted molar refractivity (Wildman–Crippen MR) is 312 cm³/mol. The molecule has 1 heterocycles. The lowest BCUT2D eigenvalue weighted by Gasteiger charge is -2.40. The fourth-order valence-corrected chi connectivity index (χ4v) is 7.78. The lowest BCUT2D eigenvalue weighted by molar-refractivity contribution is -0.301. The maximum absolute atomic E-state index is 13.1. The third kappa shape index (κ3) is 41.6. The highest BCUT2D eigenvalue weighted by Crippen LogP contribution is 2.26. The van der Waals surface area contributed by atoms with E-state index in [2.05, 4.69) is 130 Å². The minimum atomic E-state index is -1.93. The molecule has 6 unspecified atom stereocenters. The Balaban J connectivity index is 2.80. The van der Waals surface area contributed by atoms with E-state index in [1.54, 1.807) is 0 Å². The lowest BCUT2D eigenvalue weighted by atomic mass is 9.98. The molecular formula is C65H100O12. The minimum Gasteiger partial charge on any atom is -0.479 e. The number of carbonyl (C=O) groups is 4. The van der Waals surface area contributed by atoms with Crippen LogP contribution in [0.15, 0.2) is 134 Å². The van der Waals surface area contributed by atoms with E-state index in [4.69, 9.17) is 23.7 Å². The first-order valence-electron chi connectivity index (χ1n) is 29.2. The van der Waals surface area contributed by atoms with E-state index in [-0.39, 0.29) is 25.9 Å². The molecule has 0 radical (unpaired) electrons. The summed E-state index contributed by atoms with van der Waals surface area (Å²) in [5.74, 6) is -3.31. The summed E-state index contributed by atoms with van der Waals surface area (Å²) in [6.07, 6.45) is 60.1. The van der Waals surface area contributed by atoms with Crippen LogP contribution in [0.2, 0.25) is 0 Å². The highest BCUT2D eigenvalue weighted by atomic mass is 16.7. The molecule has 0 spiro atoms. The van der Waals surface area contributed by atoms with Crippen molar-refractivity contribution in [3.63, 3.8) is 0 Å². The van der Waals surface area contributed by atoms with Crippen molar-refractivity contribution in [2.24, 2.45) is 0 Å². The predicted octanol–water partition coefficient (Wildman–Crippen LogP) is 15.0. The third-order valence-electron chi connectivity index (χ3n) is 12.2. The Hall–Kier alpha value is -5.14. The minimum absolute atomic E-state index is 0.0307. The zero-order chi connectivity index (χ0) is 56.1. The molecule has 0 aromatic carbocycles. The van der Waals surface area contributed by atoms with Crippen LogP contribution in [0.5, 0.6) is 0 Å². The summed E-state index contributed by atoms with van der Waals surface area (Å²) in [7, 11) is 0. The van der Waals surface area contributed by atoms with Crippen LogP contribution in [-0.2, 0) is 42.9 Å². The van der Waals surface area contributed by atoms with Gasteiger partial charge in [-0.05, 0) is 122 Å². The monoisotopic (exact) mass is 1070 g/mol. The quantitative estimate of drug-likeness (QED) is 0.0228. The maximum atomic E-state index is 13.1. The Morgan fingerprint density at radius 1 is 0.442 bits per heavy atom. The molecule has 0 aromatic rings. The van der Waals surface area contributed by atoms with Crippen molar-refractivity contribution in [2.45, 2.75) is 237 Å². The number of carbonyl (C=O) groups excluding carboxylic acids is 3. The highest BCUT2D eigenvalue weighted by Gasteiger charge is 2.50. The molecule has 12 heteroatoms. The molecule has 12 nitrogen and oxygen atoms in total. The van der Waals surface area contributed by atoms with E-state index in [1.807, 2.05) is 24.3 Å². The van der Waals surface area contributed by atoms with Crippen molar-refractivity contribution < 1.29 is 58.2 Å². The van der Waals surface area contributed by atoms with Gasteiger partial charge in [0, 0.05) is 19.3 Å². The van der Waals surface area contributed by atoms with Crippen LogP contribution in [-0.4, -0.2) is 89.2 Å². The number of ether oxygens (including phenoxy) is 5. The van der Waals surface area contributed by atoms with Crippen LogP contribution in [0.25, 0.3) is 0 Å². The molecule has 6 atom stereocenters. The average molecular weight is 1070 g/mol. The van der Waals surface area contributed by atoms with Crippen LogP contribution >= 0.6 is 0 Å². The van der Waals surface area contributed by atoms with Gasteiger partial charge in [0.15, 0.2) is 24.6 Å². The fourth-order valence-electron chi connectivity index (χ4n) is 7.78. The Morgan fingerprint density at radius 3 is 1.30 bits per heavy atom. The average Bonchev–Trinajstić information content (AvgIpc) is 3.42. The van der Waals surface area contributed by atoms with E-state index in [0.29, 0.717) is 32.1 Å². The van der Waals surface area contributed by atoms with Gasteiger partial charge >= 0.3 is 23.9 Å². The van der Waals surface area contributed by atoms with Gasteiger partial charge in [0.2, 0.25) is 0 Å². The van der Waals surface area contributed by atoms with Crippen molar-refractivity contribution in [1.29, 1.82) is 0 Å². The molecule has 1 fully saturated rings. The Kier molecular flexibility index (Phi) is 46.8. The molecular weight excluding hydrogens is 973 g/mol. The van der Waals surface area contributed by atoms with E-state index in [0.717, 1.165) is 103 Å². The number of carboxylic acids is 1. The normalized spacial score (nSPS) is 19.0. The molecule has 0 amide bonds. The Morgan fingerprint density at radius 2 is 0.831 bits per heavy atom. The number of aliphatic hydroxyl groups excluding tert-OH is 2. The Bertz CT molecular complexity index is 1850. The standard InChI is InChI=1S/C65H100O12/c1-4-7-10-13-16-19-22-25-27-29-31-34-36-39-42-45-48-51-57(66)73-54-56(75-58(67)52-49-46-43-40-38-35-32-30-28-26-23-20-17-14-11-8-5-2)55-74-65-63(61(70)60(69)62(77-65)64(71)72)76-59(68)53-50-47-44-41-37-33-24-21-18-15-12-9-6-3/h7-8,10-11,16-17,19-21,24-28,31-32,34-35,39-40,42-43,56,60-63,65,69-70H,4-6,9,12-15,18,22-23,29-30,33,36-38,41,44-55H2,1-3H3,(H,71,72)/b10-7-,11-8-,19-16-,20-17-,24-21-,27-25-,28-26-,34-31-,35-32-,42-39-,43-40-. The van der Waals surface area contributed by atoms with Crippen LogP contribution < -0.4 is 0 Å². The van der Waals surface area contributed by atoms with Gasteiger partial charge in [0.05, 0.1) is 6.61 Å². The molecule has 1 rings (SSSR count). The number of carboxylic acid groups (broad SMARTS) is 1. The summed E-state index contributed by atoms with van der Waals surface area (Å²) in [5, 5.41) is 31.5. The summed E-state index contributed by atoms with van der Waals surface area (Å²) in [5.41, 5.74) is 0. The summed E-state index contributed by atoms with van der Waals surface area (Å²) in [6, 6.07) is 0. The number of unbranched alkanes of at least 4 members (excludes halogenated alkanes) is 11. The SMILES string of the molecule is CC/C=C\C/C=C\C/C=C\C/C=C\C/C=C\CCCC(=O)OCC(COC1OC(C(=O)O)C(O)C(O)C1OC(=O)CCCCCCC/C=C\CCCCCC)OC(=O)CCC/C=C\C/C=C\C/C=C\C/C=C\C/C=C\CC. The van der Waals surface area contributed by atoms with E-state index in [9.17, 15) is 34.5 Å². The molecule has 0 saturated carbocycles. The third-order valence-corrected chi connectivity index (χ3v) is 12.2. The van der Waals surface area contributed by atoms with E-state index < -0.39 is 67.3 Å². The number of hydrogen-bond donors (Lipinski definition) is 3. The smallest absolute Gasteiger partial charge is 0.335 e. The molecule has 1 aliphatic heterocycles. The molecule has 0 bridgehead atoms. The van der Waals surface area contributed by atoms with Gasteiger partial charge < -0.3 is 39.0 Å². The van der Waals surface area contributed by atoms with Crippen LogP contribution in [0, 0.1) is 0 Å². The van der Waals surface area contributed by atoms with Crippen LogP contribution in [0.3, 0.4) is 0 Å². The molecule has 432 valence electrons. The van der Waals surface area contributed by atoms with Crippen molar-refractivity contribution in [1.82, 2.24) is 0 Å². The largest absolute Gasteiger partial charge is 0.479 e. The van der Waals surface area contributed by atoms with Crippen molar-refractivity contribution in [3.05, 3.63) is 134 Å². The Labute approximate surface area is 464 Å². The number of aliphatic carboxylic acids is 1. The summed E-state index contributed by atoms with van der Waals surface area (Å²) >= 11 is 0. The van der Waals surface area contributed by atoms with Crippen molar-refractivity contribution >= 4 is 23.9 Å². The van der Waals surface area contributed by atoms with Gasteiger partial charge in [-0.15, -0.1) is 0 Å². The first-order chi connectivity index (χ1) is 37.6. The number of rotatable bonds is 47. The van der Waals surface area contributed by atoms with Gasteiger partial charge in [-0.3, -0.25) is 14.4 Å². The highest BCUT2D eigenvalue weighted by molar-refractivity contribution is 5.74. The number of esters is 3. The zero-order valence-electron chi connectivity index (χ0n) is 47.4. The second-order valence-electron chi connectivity index (χ2n) is 19.2. The molecule has 1 saturated heterocycles. The zero-order valence-corrected chi connectivity index (χ0v) is 47.4. The number of allylic oxidation sites excluding steroid dienone is 22. The second-order valence-corrected chi connectivity index (χ2v) is 19.2. The van der Waals surface area contributed by atoms with Gasteiger partial charge in [0.1, 0.15) is 18.8 Å². The van der Waals surface area contributed by atoms with Crippen molar-refractivity contribution in [3.8, 4) is 0 Å². The summed E-state index contributed by atoms with van der Waals surface area (Å²) in [4.78, 5) is 51.1. The van der Waals surface area contributed by atoms with Crippen LogP contribution in [0.1, 0.15) is 201 Å². The number of hydrogen-bond acceptors (Lipinski definition) is 11. The van der Waals surface area contributed by atoms with Gasteiger partial charge in [-0.25, -0.2) is 4.79 Å². The molecule has 0 aliphatic carbocycles. The summed E-state index contributed by atoms with van der Waals surface area (Å²) in [6.45, 7) is 5.62. The maximum Gasteiger partial charge on any atom is 0.335 e. The van der Waals surface area contributed by atoms with Gasteiger partial charge in [-0.1, -0.05) is 193 Å². The lowest BCUT2D eigenvalue weighted by Crippen LogP contribution is -2.61.